The number of aryl methyl sites for hydroxylation is 1. The predicted molar refractivity (Wildman–Crippen MR) is 97.3 cm³/mol. The van der Waals surface area contributed by atoms with E-state index in [2.05, 4.69) is 10.6 Å². The lowest BCUT2D eigenvalue weighted by atomic mass is 10.0. The number of amides is 2. The van der Waals surface area contributed by atoms with Gasteiger partial charge >= 0.3 is 0 Å². The third kappa shape index (κ3) is 6.30. The molecule has 2 rings (SSSR count). The fourth-order valence-corrected chi connectivity index (χ4v) is 2.36. The second kappa shape index (κ2) is 9.47. The highest BCUT2D eigenvalue weighted by Gasteiger charge is 2.13. The number of benzene rings is 2. The second-order valence-electron chi connectivity index (χ2n) is 5.82. The van der Waals surface area contributed by atoms with Crippen LogP contribution in [0.2, 0.25) is 0 Å². The van der Waals surface area contributed by atoms with Gasteiger partial charge in [0.15, 0.2) is 6.61 Å². The van der Waals surface area contributed by atoms with E-state index < -0.39 is 0 Å². The molecule has 0 unspecified atom stereocenters. The zero-order chi connectivity index (χ0) is 18.1. The molecule has 0 fully saturated rings. The van der Waals surface area contributed by atoms with Crippen LogP contribution in [0.4, 0.5) is 0 Å². The molecular formula is C20H24N2O3. The lowest BCUT2D eigenvalue weighted by molar-refractivity contribution is -0.127. The van der Waals surface area contributed by atoms with Crippen molar-refractivity contribution in [2.75, 3.05) is 13.2 Å². The third-order valence-corrected chi connectivity index (χ3v) is 3.78. The summed E-state index contributed by atoms with van der Waals surface area (Å²) < 4.78 is 5.34. The number of carbonyl (C=O) groups excluding carboxylic acids is 2. The summed E-state index contributed by atoms with van der Waals surface area (Å²) in [5.41, 5.74) is 2.23. The molecule has 132 valence electrons. The Morgan fingerprint density at radius 2 is 1.68 bits per heavy atom. The number of para-hydroxylation sites is 1. The molecule has 0 radical (unpaired) electrons. The highest BCUT2D eigenvalue weighted by atomic mass is 16.5. The van der Waals surface area contributed by atoms with Gasteiger partial charge in [0.05, 0.1) is 12.6 Å². The Hall–Kier alpha value is -2.82. The largest absolute Gasteiger partial charge is 0.484 e. The van der Waals surface area contributed by atoms with Crippen LogP contribution in [0.1, 0.15) is 30.5 Å². The maximum Gasteiger partial charge on any atom is 0.258 e. The van der Waals surface area contributed by atoms with Gasteiger partial charge in [0.2, 0.25) is 5.91 Å². The fraction of sp³-hybridized carbons (Fsp3) is 0.300. The normalized spacial score (nSPS) is 11.4. The van der Waals surface area contributed by atoms with Crippen molar-refractivity contribution in [3.05, 3.63) is 65.7 Å². The van der Waals surface area contributed by atoms with Crippen molar-refractivity contribution in [1.29, 1.82) is 0 Å². The summed E-state index contributed by atoms with van der Waals surface area (Å²) in [4.78, 5) is 23.8. The van der Waals surface area contributed by atoms with E-state index in [0.29, 0.717) is 5.75 Å². The van der Waals surface area contributed by atoms with Crippen LogP contribution in [-0.4, -0.2) is 25.0 Å². The molecular weight excluding hydrogens is 316 g/mol. The van der Waals surface area contributed by atoms with Gasteiger partial charge in [-0.25, -0.2) is 0 Å². The maximum absolute atomic E-state index is 12.1. The number of ether oxygens (including phenoxy) is 1. The Morgan fingerprint density at radius 1 is 1.00 bits per heavy atom. The highest BCUT2D eigenvalue weighted by molar-refractivity contribution is 5.85. The van der Waals surface area contributed by atoms with Crippen LogP contribution in [0, 0.1) is 6.92 Å². The van der Waals surface area contributed by atoms with Crippen molar-refractivity contribution in [3.63, 3.8) is 0 Å². The summed E-state index contributed by atoms with van der Waals surface area (Å²) in [5, 5.41) is 5.50. The Balaban J connectivity index is 1.75. The number of nitrogens with one attached hydrogen (secondary N) is 2. The van der Waals surface area contributed by atoms with Gasteiger partial charge in [-0.15, -0.1) is 0 Å². The van der Waals surface area contributed by atoms with E-state index in [1.54, 1.807) is 12.1 Å². The molecule has 0 aliphatic heterocycles. The van der Waals surface area contributed by atoms with E-state index in [9.17, 15) is 9.59 Å². The second-order valence-corrected chi connectivity index (χ2v) is 5.82. The fourth-order valence-electron chi connectivity index (χ4n) is 2.36. The van der Waals surface area contributed by atoms with Gasteiger partial charge < -0.3 is 15.4 Å². The standard InChI is InChI=1S/C20H24N2O3/c1-3-18(16-11-9-15(2)10-12-16)22-19(23)13-21-20(24)14-25-17-7-5-4-6-8-17/h4-12,18H,3,13-14H2,1-2H3,(H,21,24)(H,22,23)/t18-/m1/s1. The van der Waals surface area contributed by atoms with Crippen molar-refractivity contribution in [2.24, 2.45) is 0 Å². The van der Waals surface area contributed by atoms with Crippen molar-refractivity contribution < 1.29 is 14.3 Å². The van der Waals surface area contributed by atoms with Crippen molar-refractivity contribution in [3.8, 4) is 5.75 Å². The number of carbonyl (C=O) groups is 2. The van der Waals surface area contributed by atoms with E-state index in [1.807, 2.05) is 56.3 Å². The molecule has 0 spiro atoms. The van der Waals surface area contributed by atoms with Crippen LogP contribution < -0.4 is 15.4 Å². The number of hydrogen-bond donors (Lipinski definition) is 2. The topological polar surface area (TPSA) is 67.4 Å². The van der Waals surface area contributed by atoms with Crippen molar-refractivity contribution >= 4 is 11.8 Å². The molecule has 25 heavy (non-hydrogen) atoms. The molecule has 5 heteroatoms. The average Bonchev–Trinajstić information content (AvgIpc) is 2.64. The first-order valence-corrected chi connectivity index (χ1v) is 8.39. The molecule has 0 saturated heterocycles. The summed E-state index contributed by atoms with van der Waals surface area (Å²) >= 11 is 0. The lowest BCUT2D eigenvalue weighted by Gasteiger charge is -2.18. The molecule has 2 aromatic carbocycles. The Kier molecular flexibility index (Phi) is 7.01. The van der Waals surface area contributed by atoms with Crippen molar-refractivity contribution in [2.45, 2.75) is 26.3 Å². The van der Waals surface area contributed by atoms with Crippen LogP contribution in [-0.2, 0) is 9.59 Å². The molecule has 2 aromatic rings. The zero-order valence-corrected chi connectivity index (χ0v) is 14.6. The van der Waals surface area contributed by atoms with Crippen LogP contribution in [0.25, 0.3) is 0 Å². The van der Waals surface area contributed by atoms with E-state index in [0.717, 1.165) is 12.0 Å². The van der Waals surface area contributed by atoms with E-state index in [4.69, 9.17) is 4.74 Å². The van der Waals surface area contributed by atoms with E-state index >= 15 is 0 Å². The first-order valence-electron chi connectivity index (χ1n) is 8.39. The smallest absolute Gasteiger partial charge is 0.258 e. The van der Waals surface area contributed by atoms with Crippen LogP contribution in [0.3, 0.4) is 0 Å². The summed E-state index contributed by atoms with van der Waals surface area (Å²) in [6.07, 6.45) is 0.778. The predicted octanol–water partition coefficient (Wildman–Crippen LogP) is 2.76. The molecule has 0 bridgehead atoms. The molecule has 1 atom stereocenters. The Morgan fingerprint density at radius 3 is 2.32 bits per heavy atom. The molecule has 0 heterocycles. The van der Waals surface area contributed by atoms with E-state index in [-0.39, 0.29) is 31.0 Å². The van der Waals surface area contributed by atoms with Gasteiger partial charge in [0.1, 0.15) is 5.75 Å². The van der Waals surface area contributed by atoms with Gasteiger partial charge in [-0.1, -0.05) is 55.0 Å². The van der Waals surface area contributed by atoms with Crippen LogP contribution >= 0.6 is 0 Å². The minimum atomic E-state index is -0.331. The summed E-state index contributed by atoms with van der Waals surface area (Å²) in [6, 6.07) is 17.1. The van der Waals surface area contributed by atoms with Gasteiger partial charge in [0.25, 0.3) is 5.91 Å². The zero-order valence-electron chi connectivity index (χ0n) is 14.6. The minimum absolute atomic E-state index is 0.0643. The molecule has 0 aliphatic rings. The van der Waals surface area contributed by atoms with Gasteiger partial charge in [-0.2, -0.15) is 0 Å². The van der Waals surface area contributed by atoms with Gasteiger partial charge in [-0.3, -0.25) is 9.59 Å². The quantitative estimate of drug-likeness (QED) is 0.776. The first kappa shape index (κ1) is 18.5. The Labute approximate surface area is 148 Å². The molecule has 2 N–H and O–H groups in total. The monoisotopic (exact) mass is 340 g/mol. The lowest BCUT2D eigenvalue weighted by Crippen LogP contribution is -2.40. The minimum Gasteiger partial charge on any atom is -0.484 e. The molecule has 0 aliphatic carbocycles. The third-order valence-electron chi connectivity index (χ3n) is 3.78. The molecule has 5 nitrogen and oxygen atoms in total. The number of hydrogen-bond acceptors (Lipinski definition) is 3. The summed E-state index contributed by atoms with van der Waals surface area (Å²) in [7, 11) is 0. The molecule has 0 aromatic heterocycles. The van der Waals surface area contributed by atoms with Crippen LogP contribution in [0.5, 0.6) is 5.75 Å². The summed E-state index contributed by atoms with van der Waals surface area (Å²) in [6.45, 7) is 3.85. The molecule has 0 saturated carbocycles. The summed E-state index contributed by atoms with van der Waals surface area (Å²) in [5.74, 6) is 0.0652. The van der Waals surface area contributed by atoms with Crippen molar-refractivity contribution in [1.82, 2.24) is 10.6 Å². The first-order chi connectivity index (χ1) is 12.1. The van der Waals surface area contributed by atoms with Gasteiger partial charge in [0, 0.05) is 0 Å². The van der Waals surface area contributed by atoms with Crippen LogP contribution in [0.15, 0.2) is 54.6 Å². The molecule has 2 amide bonds. The van der Waals surface area contributed by atoms with Gasteiger partial charge in [-0.05, 0) is 31.0 Å². The van der Waals surface area contributed by atoms with E-state index in [1.165, 1.54) is 5.56 Å². The maximum atomic E-state index is 12.1. The average molecular weight is 340 g/mol. The number of rotatable bonds is 8. The highest BCUT2D eigenvalue weighted by Crippen LogP contribution is 2.16. The Bertz CT molecular complexity index is 684. The SMILES string of the molecule is CC[C@@H](NC(=O)CNC(=O)COc1ccccc1)c1ccc(C)cc1.